The number of amides is 1. The molecule has 26 heavy (non-hydrogen) atoms. The number of aromatic nitrogens is 2. The molecule has 3 aliphatic heterocycles. The Bertz CT molecular complexity index is 618. The summed E-state index contributed by atoms with van der Waals surface area (Å²) in [6.07, 6.45) is 1.47. The van der Waals surface area contributed by atoms with Crippen molar-refractivity contribution in [2.75, 3.05) is 52.5 Å². The van der Waals surface area contributed by atoms with Crippen LogP contribution >= 0.6 is 0 Å². The van der Waals surface area contributed by atoms with Crippen molar-refractivity contribution in [3.8, 4) is 0 Å². The fourth-order valence-electron chi connectivity index (χ4n) is 3.94. The first kappa shape index (κ1) is 17.7. The van der Waals surface area contributed by atoms with Crippen LogP contribution in [0, 0.1) is 0 Å². The SMILES string of the molecule is CCc1nnc(CN2C[C@@H]3OC(=O)N(CCCN4CCOCC4)[C@@H]3C2)o1. The largest absolute Gasteiger partial charge is 0.442 e. The van der Waals surface area contributed by atoms with Gasteiger partial charge in [-0.3, -0.25) is 9.80 Å². The highest BCUT2D eigenvalue weighted by molar-refractivity contribution is 5.71. The van der Waals surface area contributed by atoms with Crippen molar-refractivity contribution < 1.29 is 18.7 Å². The number of likely N-dealkylation sites (tertiary alicyclic amines) is 1. The zero-order valence-corrected chi connectivity index (χ0v) is 15.3. The van der Waals surface area contributed by atoms with Crippen molar-refractivity contribution in [2.45, 2.75) is 38.5 Å². The Balaban J connectivity index is 1.27. The lowest BCUT2D eigenvalue weighted by Crippen LogP contribution is -2.41. The van der Waals surface area contributed by atoms with Crippen molar-refractivity contribution in [2.24, 2.45) is 0 Å². The van der Waals surface area contributed by atoms with Crippen LogP contribution in [0.2, 0.25) is 0 Å². The van der Waals surface area contributed by atoms with Gasteiger partial charge in [-0.05, 0) is 6.42 Å². The Labute approximate surface area is 153 Å². The molecule has 0 spiro atoms. The molecule has 1 amide bonds. The Hall–Kier alpha value is -1.71. The Kier molecular flexibility index (Phi) is 5.37. The van der Waals surface area contributed by atoms with E-state index in [2.05, 4.69) is 20.0 Å². The van der Waals surface area contributed by atoms with Crippen LogP contribution in [0.1, 0.15) is 25.1 Å². The number of ether oxygens (including phenoxy) is 2. The Morgan fingerprint density at radius 1 is 1.08 bits per heavy atom. The van der Waals surface area contributed by atoms with Gasteiger partial charge in [0.25, 0.3) is 0 Å². The molecule has 1 aromatic rings. The van der Waals surface area contributed by atoms with Crippen molar-refractivity contribution in [1.82, 2.24) is 24.9 Å². The molecule has 0 bridgehead atoms. The van der Waals surface area contributed by atoms with Crippen molar-refractivity contribution in [3.63, 3.8) is 0 Å². The van der Waals surface area contributed by atoms with Crippen LogP contribution in [-0.4, -0.2) is 95.6 Å². The summed E-state index contributed by atoms with van der Waals surface area (Å²) in [5.41, 5.74) is 0. The second-order valence-electron chi connectivity index (χ2n) is 7.13. The molecular formula is C17H27N5O4. The van der Waals surface area contributed by atoms with Gasteiger partial charge in [-0.25, -0.2) is 4.79 Å². The monoisotopic (exact) mass is 365 g/mol. The van der Waals surface area contributed by atoms with E-state index in [4.69, 9.17) is 13.9 Å². The zero-order valence-electron chi connectivity index (χ0n) is 15.3. The summed E-state index contributed by atoms with van der Waals surface area (Å²) in [7, 11) is 0. The Morgan fingerprint density at radius 2 is 1.88 bits per heavy atom. The van der Waals surface area contributed by atoms with Crippen LogP contribution in [0.5, 0.6) is 0 Å². The van der Waals surface area contributed by atoms with Gasteiger partial charge in [0.1, 0.15) is 6.10 Å². The van der Waals surface area contributed by atoms with E-state index in [9.17, 15) is 4.79 Å². The van der Waals surface area contributed by atoms with Crippen LogP contribution in [0.25, 0.3) is 0 Å². The predicted molar refractivity (Wildman–Crippen MR) is 91.6 cm³/mol. The second kappa shape index (κ2) is 7.89. The second-order valence-corrected chi connectivity index (χ2v) is 7.13. The molecule has 9 nitrogen and oxygen atoms in total. The lowest BCUT2D eigenvalue weighted by atomic mass is 10.2. The summed E-state index contributed by atoms with van der Waals surface area (Å²) in [6, 6.07) is 0.126. The third-order valence-corrected chi connectivity index (χ3v) is 5.35. The molecule has 0 radical (unpaired) electrons. The molecule has 0 aromatic carbocycles. The number of rotatable bonds is 7. The van der Waals surface area contributed by atoms with E-state index in [1.54, 1.807) is 0 Å². The summed E-state index contributed by atoms with van der Waals surface area (Å²) in [6.45, 7) is 9.43. The molecule has 4 rings (SSSR count). The molecule has 3 fully saturated rings. The minimum absolute atomic E-state index is 0.0561. The van der Waals surface area contributed by atoms with Gasteiger partial charge in [0.05, 0.1) is 25.8 Å². The fourth-order valence-corrected chi connectivity index (χ4v) is 3.94. The third kappa shape index (κ3) is 3.84. The normalized spacial score (nSPS) is 27.1. The molecule has 1 aromatic heterocycles. The highest BCUT2D eigenvalue weighted by atomic mass is 16.6. The highest BCUT2D eigenvalue weighted by Crippen LogP contribution is 2.28. The number of carbonyl (C=O) groups is 1. The van der Waals surface area contributed by atoms with Crippen LogP contribution in [0.15, 0.2) is 4.42 Å². The molecule has 0 unspecified atom stereocenters. The van der Waals surface area contributed by atoms with Crippen LogP contribution in [-0.2, 0) is 22.4 Å². The molecular weight excluding hydrogens is 338 g/mol. The van der Waals surface area contributed by atoms with E-state index in [1.165, 1.54) is 0 Å². The quantitative estimate of drug-likeness (QED) is 0.685. The maximum absolute atomic E-state index is 12.2. The molecule has 3 aliphatic rings. The fraction of sp³-hybridized carbons (Fsp3) is 0.824. The zero-order chi connectivity index (χ0) is 17.9. The van der Waals surface area contributed by atoms with Gasteiger partial charge in [-0.1, -0.05) is 6.92 Å². The molecule has 0 N–H and O–H groups in total. The van der Waals surface area contributed by atoms with Gasteiger partial charge < -0.3 is 18.8 Å². The maximum atomic E-state index is 12.2. The number of aryl methyl sites for hydroxylation is 1. The molecule has 144 valence electrons. The van der Waals surface area contributed by atoms with Crippen LogP contribution < -0.4 is 0 Å². The van der Waals surface area contributed by atoms with Gasteiger partial charge in [0.2, 0.25) is 11.8 Å². The van der Waals surface area contributed by atoms with Gasteiger partial charge in [-0.15, -0.1) is 10.2 Å². The summed E-state index contributed by atoms with van der Waals surface area (Å²) < 4.78 is 16.5. The lowest BCUT2D eigenvalue weighted by Gasteiger charge is -2.28. The number of fused-ring (bicyclic) bond motifs is 1. The van der Waals surface area contributed by atoms with Crippen molar-refractivity contribution in [3.05, 3.63) is 11.8 Å². The number of nitrogens with zero attached hydrogens (tertiary/aromatic N) is 5. The summed E-state index contributed by atoms with van der Waals surface area (Å²) >= 11 is 0. The smallest absolute Gasteiger partial charge is 0.410 e. The van der Waals surface area contributed by atoms with E-state index < -0.39 is 0 Å². The number of carbonyl (C=O) groups excluding carboxylic acids is 1. The van der Waals surface area contributed by atoms with E-state index in [1.807, 2.05) is 11.8 Å². The van der Waals surface area contributed by atoms with Gasteiger partial charge in [0.15, 0.2) is 0 Å². The van der Waals surface area contributed by atoms with E-state index in [0.717, 1.165) is 65.3 Å². The first-order valence-corrected chi connectivity index (χ1v) is 9.54. The molecule has 0 saturated carbocycles. The van der Waals surface area contributed by atoms with Gasteiger partial charge in [0, 0.05) is 45.7 Å². The van der Waals surface area contributed by atoms with Crippen LogP contribution in [0.4, 0.5) is 4.79 Å². The molecule has 4 heterocycles. The lowest BCUT2D eigenvalue weighted by molar-refractivity contribution is 0.0362. The van der Waals surface area contributed by atoms with E-state index in [-0.39, 0.29) is 18.2 Å². The average Bonchev–Trinajstić information content (AvgIpc) is 3.33. The summed E-state index contributed by atoms with van der Waals surface area (Å²) in [5.74, 6) is 1.29. The molecule has 0 aliphatic carbocycles. The third-order valence-electron chi connectivity index (χ3n) is 5.35. The first-order chi connectivity index (χ1) is 12.7. The predicted octanol–water partition coefficient (Wildman–Crippen LogP) is 0.359. The average molecular weight is 365 g/mol. The highest BCUT2D eigenvalue weighted by Gasteiger charge is 2.47. The minimum Gasteiger partial charge on any atom is -0.442 e. The van der Waals surface area contributed by atoms with Crippen molar-refractivity contribution >= 4 is 6.09 Å². The Morgan fingerprint density at radius 3 is 2.65 bits per heavy atom. The number of hydrogen-bond donors (Lipinski definition) is 0. The standard InChI is InChI=1S/C17H27N5O4/c1-2-15-18-19-16(26-15)12-21-10-13-14(11-21)25-17(23)22(13)5-3-4-20-6-8-24-9-7-20/h13-14H,2-12H2,1H3/t13-,14+/m1/s1. The topological polar surface area (TPSA) is 84.2 Å². The van der Waals surface area contributed by atoms with E-state index >= 15 is 0 Å². The van der Waals surface area contributed by atoms with Gasteiger partial charge >= 0.3 is 6.09 Å². The molecule has 9 heteroatoms. The molecule has 2 atom stereocenters. The van der Waals surface area contributed by atoms with Crippen LogP contribution in [0.3, 0.4) is 0 Å². The first-order valence-electron chi connectivity index (χ1n) is 9.54. The summed E-state index contributed by atoms with van der Waals surface area (Å²) in [4.78, 5) is 18.7. The van der Waals surface area contributed by atoms with E-state index in [0.29, 0.717) is 18.3 Å². The minimum atomic E-state index is -0.173. The number of morpholine rings is 1. The molecule has 3 saturated heterocycles. The van der Waals surface area contributed by atoms with Crippen molar-refractivity contribution in [1.29, 1.82) is 0 Å². The van der Waals surface area contributed by atoms with Gasteiger partial charge in [-0.2, -0.15) is 0 Å². The maximum Gasteiger partial charge on any atom is 0.410 e. The number of hydrogen-bond acceptors (Lipinski definition) is 8. The summed E-state index contributed by atoms with van der Waals surface area (Å²) in [5, 5.41) is 8.09.